The highest BCUT2D eigenvalue weighted by molar-refractivity contribution is 7.90. The molecule has 0 spiro atoms. The molecule has 1 aliphatic rings. The highest BCUT2D eigenvalue weighted by atomic mass is 32.2. The second-order valence-corrected chi connectivity index (χ2v) is 16.6. The molecule has 292 valence electrons. The first-order valence-corrected chi connectivity index (χ1v) is 20.0. The average molecular weight is 777 g/mol. The molecule has 0 radical (unpaired) electrons. The van der Waals surface area contributed by atoms with Crippen molar-refractivity contribution in [1.29, 1.82) is 0 Å². The molecule has 52 heavy (non-hydrogen) atoms. The van der Waals surface area contributed by atoms with E-state index in [-0.39, 0.29) is 37.5 Å². The number of rotatable bonds is 19. The predicted molar refractivity (Wildman–Crippen MR) is 186 cm³/mol. The minimum absolute atomic E-state index is 0.0679. The van der Waals surface area contributed by atoms with Gasteiger partial charge in [0, 0.05) is 26.1 Å². The number of nitrogens with zero attached hydrogens (tertiary/aromatic N) is 1. The number of sulfone groups is 1. The number of benzene rings is 1. The number of phosphoric ester groups is 1. The highest BCUT2D eigenvalue weighted by Gasteiger charge is 2.40. The van der Waals surface area contributed by atoms with Crippen molar-refractivity contribution in [2.24, 2.45) is 11.7 Å². The van der Waals surface area contributed by atoms with E-state index in [0.717, 1.165) is 6.26 Å². The van der Waals surface area contributed by atoms with Gasteiger partial charge >= 0.3 is 7.82 Å². The van der Waals surface area contributed by atoms with E-state index in [9.17, 15) is 46.9 Å². The van der Waals surface area contributed by atoms with Crippen molar-refractivity contribution >= 4 is 53.1 Å². The van der Waals surface area contributed by atoms with E-state index in [4.69, 9.17) is 15.5 Å². The molecule has 9 N–H and O–H groups in total. The first-order valence-electron chi connectivity index (χ1n) is 16.4. The Hall–Kier alpha value is -4.10. The Morgan fingerprint density at radius 3 is 2.06 bits per heavy atom. The van der Waals surface area contributed by atoms with Crippen LogP contribution in [-0.4, -0.2) is 119 Å². The molecule has 0 saturated carbocycles. The summed E-state index contributed by atoms with van der Waals surface area (Å²) in [5, 5.41) is 19.8. The molecule has 1 aromatic rings. The molecule has 6 atom stereocenters. The minimum Gasteiger partial charge on any atom is -0.404 e. The zero-order chi connectivity index (χ0) is 39.6. The number of amides is 6. The fourth-order valence-electron chi connectivity index (χ4n) is 5.53. The topological polar surface area (TPSA) is 301 Å². The average Bonchev–Trinajstić information content (AvgIpc) is 3.50. The SMILES string of the molecule is CC(=O)N[C@@H](Cc1ccc(OP(=O)(O)O)cc1)C(=O)N[C@@H](CC(C)C)C(=O)N1CCC[C@H]1C(=O)N[C@@H](CCS(C)(=O)=O)C(=O)N[C@H](C(N)=O)[C@@H](C)O. The maximum Gasteiger partial charge on any atom is 0.524 e. The van der Waals surface area contributed by atoms with Gasteiger partial charge in [0.25, 0.3) is 0 Å². The fourth-order valence-corrected chi connectivity index (χ4v) is 6.59. The molecule has 1 aromatic carbocycles. The standard InChI is InChI=1S/C31H49N6O13PS/c1-17(2)15-24(35-29(42)23(33-19(4)39)16-20-8-10-21(11-9-20)50-51(45,46)47)31(44)37-13-6-7-25(37)30(43)34-22(12-14-52(5,48)49)28(41)36-26(18(3)38)27(32)40/h8-11,17-18,22-26,38H,6-7,12-16H2,1-5H3,(H2,32,40)(H,33,39)(H,34,43)(H,35,42)(H,36,41)(H2,45,46,47)/t18-,22+,23+,24+,25+,26+/m1/s1. The number of nitrogens with two attached hydrogens (primary N) is 1. The summed E-state index contributed by atoms with van der Waals surface area (Å²) in [4.78, 5) is 97.3. The summed E-state index contributed by atoms with van der Waals surface area (Å²) < 4.78 is 39.5. The number of carbonyl (C=O) groups excluding carboxylic acids is 6. The Labute approximate surface area is 301 Å². The van der Waals surface area contributed by atoms with Gasteiger partial charge in [-0.3, -0.25) is 38.6 Å². The summed E-state index contributed by atoms with van der Waals surface area (Å²) in [6, 6.07) is -1.01. The number of likely N-dealkylation sites (tertiary alicyclic amines) is 1. The number of phosphoric acid groups is 1. The van der Waals surface area contributed by atoms with Crippen LogP contribution in [0.2, 0.25) is 0 Å². The quantitative estimate of drug-likeness (QED) is 0.0706. The van der Waals surface area contributed by atoms with Gasteiger partial charge in [0.15, 0.2) is 0 Å². The smallest absolute Gasteiger partial charge is 0.404 e. The highest BCUT2D eigenvalue weighted by Crippen LogP contribution is 2.37. The zero-order valence-corrected chi connectivity index (χ0v) is 31.3. The monoisotopic (exact) mass is 776 g/mol. The van der Waals surface area contributed by atoms with Gasteiger partial charge in [0.05, 0.1) is 11.9 Å². The molecule has 21 heteroatoms. The third kappa shape index (κ3) is 14.9. The molecule has 0 unspecified atom stereocenters. The number of primary amides is 1. The Morgan fingerprint density at radius 1 is 0.962 bits per heavy atom. The lowest BCUT2D eigenvalue weighted by Crippen LogP contribution is -2.60. The number of nitrogens with one attached hydrogen (secondary N) is 4. The van der Waals surface area contributed by atoms with Gasteiger partial charge < -0.3 is 41.5 Å². The molecule has 1 heterocycles. The second kappa shape index (κ2) is 19.1. The molecular weight excluding hydrogens is 727 g/mol. The number of hydrogen-bond donors (Lipinski definition) is 8. The van der Waals surface area contributed by atoms with Crippen molar-refractivity contribution in [3.63, 3.8) is 0 Å². The number of carbonyl (C=O) groups is 6. The molecule has 0 aromatic heterocycles. The van der Waals surface area contributed by atoms with Crippen molar-refractivity contribution in [1.82, 2.24) is 26.2 Å². The molecule has 6 amide bonds. The van der Waals surface area contributed by atoms with Crippen LogP contribution in [0.15, 0.2) is 24.3 Å². The predicted octanol–water partition coefficient (Wildman–Crippen LogP) is -2.00. The summed E-state index contributed by atoms with van der Waals surface area (Å²) in [6.45, 7) is 6.14. The summed E-state index contributed by atoms with van der Waals surface area (Å²) in [5.41, 5.74) is 5.75. The normalized spacial score (nSPS) is 17.6. The maximum absolute atomic E-state index is 14.0. The van der Waals surface area contributed by atoms with Crippen LogP contribution in [0.5, 0.6) is 5.75 Å². The van der Waals surface area contributed by atoms with E-state index in [1.807, 2.05) is 13.8 Å². The Morgan fingerprint density at radius 2 is 1.56 bits per heavy atom. The van der Waals surface area contributed by atoms with Crippen LogP contribution < -0.4 is 31.5 Å². The van der Waals surface area contributed by atoms with Gasteiger partial charge in [-0.15, -0.1) is 0 Å². The van der Waals surface area contributed by atoms with Gasteiger partial charge in [-0.2, -0.15) is 0 Å². The lowest BCUT2D eigenvalue weighted by Gasteiger charge is -2.31. The minimum atomic E-state index is -4.80. The summed E-state index contributed by atoms with van der Waals surface area (Å²) in [7, 11) is -8.41. The molecule has 19 nitrogen and oxygen atoms in total. The Kier molecular flexibility index (Phi) is 16.2. The van der Waals surface area contributed by atoms with Crippen molar-refractivity contribution < 1.29 is 61.2 Å². The first-order chi connectivity index (χ1) is 24.0. The van der Waals surface area contributed by atoms with E-state index in [1.165, 1.54) is 43.0 Å². The van der Waals surface area contributed by atoms with Crippen LogP contribution in [0.3, 0.4) is 0 Å². The lowest BCUT2D eigenvalue weighted by atomic mass is 10.00. The van der Waals surface area contributed by atoms with Crippen LogP contribution in [0.1, 0.15) is 58.9 Å². The largest absolute Gasteiger partial charge is 0.524 e. The van der Waals surface area contributed by atoms with E-state index < -0.39 is 102 Å². The Bertz CT molecular complexity index is 1620. The summed E-state index contributed by atoms with van der Waals surface area (Å²) in [6.07, 6.45) is -0.222. The van der Waals surface area contributed by atoms with E-state index in [0.29, 0.717) is 12.0 Å². The van der Waals surface area contributed by atoms with Gasteiger partial charge in [0.1, 0.15) is 45.8 Å². The molecular formula is C31H49N6O13PS. The van der Waals surface area contributed by atoms with Crippen molar-refractivity contribution in [2.75, 3.05) is 18.6 Å². The van der Waals surface area contributed by atoms with Crippen LogP contribution in [0.25, 0.3) is 0 Å². The second-order valence-electron chi connectivity index (χ2n) is 13.2. The Balaban J connectivity index is 2.29. The third-order valence-corrected chi connectivity index (χ3v) is 9.36. The summed E-state index contributed by atoms with van der Waals surface area (Å²) in [5.74, 6) is -5.46. The van der Waals surface area contributed by atoms with Gasteiger partial charge in [-0.05, 0) is 56.2 Å². The lowest BCUT2D eigenvalue weighted by molar-refractivity contribution is -0.143. The first kappa shape index (κ1) is 44.1. The van der Waals surface area contributed by atoms with Crippen LogP contribution >= 0.6 is 7.82 Å². The molecule has 1 fully saturated rings. The molecule has 0 bridgehead atoms. The zero-order valence-electron chi connectivity index (χ0n) is 29.6. The number of aliphatic hydroxyl groups excluding tert-OH is 1. The van der Waals surface area contributed by atoms with Gasteiger partial charge in [-0.25, -0.2) is 13.0 Å². The summed E-state index contributed by atoms with van der Waals surface area (Å²) >= 11 is 0. The van der Waals surface area contributed by atoms with Crippen LogP contribution in [0, 0.1) is 5.92 Å². The molecule has 2 rings (SSSR count). The van der Waals surface area contributed by atoms with Crippen molar-refractivity contribution in [3.8, 4) is 5.75 Å². The van der Waals surface area contributed by atoms with E-state index >= 15 is 0 Å². The number of aliphatic hydroxyl groups is 1. The van der Waals surface area contributed by atoms with Gasteiger partial charge in [0.2, 0.25) is 35.4 Å². The van der Waals surface area contributed by atoms with E-state index in [1.54, 1.807) is 0 Å². The molecule has 1 aliphatic heterocycles. The number of hydrogen-bond acceptors (Lipinski definition) is 11. The fraction of sp³-hybridized carbons (Fsp3) is 0.613. The van der Waals surface area contributed by atoms with Crippen LogP contribution in [0.4, 0.5) is 0 Å². The van der Waals surface area contributed by atoms with Crippen LogP contribution in [-0.2, 0) is 49.6 Å². The third-order valence-electron chi connectivity index (χ3n) is 7.94. The molecule has 1 saturated heterocycles. The maximum atomic E-state index is 14.0. The van der Waals surface area contributed by atoms with Crippen molar-refractivity contribution in [2.45, 2.75) is 96.1 Å². The van der Waals surface area contributed by atoms with Crippen molar-refractivity contribution in [3.05, 3.63) is 29.8 Å². The van der Waals surface area contributed by atoms with E-state index in [2.05, 4.69) is 25.8 Å². The molecule has 0 aliphatic carbocycles. The van der Waals surface area contributed by atoms with Gasteiger partial charge in [-0.1, -0.05) is 26.0 Å².